The van der Waals surface area contributed by atoms with Gasteiger partial charge in [0.15, 0.2) is 0 Å². The topological polar surface area (TPSA) is 25.8 Å². The molecule has 1 aliphatic rings. The molecule has 1 aliphatic carbocycles. The molecule has 0 spiro atoms. The minimum atomic E-state index is 0.612. The molecular weight excluding hydrogens is 148 g/mol. The maximum absolute atomic E-state index is 4.28. The monoisotopic (exact) mass is 160 g/mol. The Morgan fingerprint density at radius 1 is 1.25 bits per heavy atom. The summed E-state index contributed by atoms with van der Waals surface area (Å²) in [5.41, 5.74) is 3.62. The smallest absolute Gasteiger partial charge is 0.0848 e. The standard InChI is InChI=1S/C10H12N2/c1-7(2)8-5-9-10(6-8)12-4-3-11-9/h3-5,7H,6H2,1-2H3. The van der Waals surface area contributed by atoms with Crippen molar-refractivity contribution in [1.29, 1.82) is 0 Å². The summed E-state index contributed by atoms with van der Waals surface area (Å²) in [5.74, 6) is 0.612. The number of nitrogens with zero attached hydrogens (tertiary/aromatic N) is 2. The first-order chi connectivity index (χ1) is 5.77. The van der Waals surface area contributed by atoms with Crippen LogP contribution in [0.1, 0.15) is 25.2 Å². The Balaban J connectivity index is 2.35. The number of allylic oxidation sites excluding steroid dienone is 1. The number of fused-ring (bicyclic) bond motifs is 1. The van der Waals surface area contributed by atoms with E-state index in [4.69, 9.17) is 0 Å². The molecule has 1 aromatic heterocycles. The van der Waals surface area contributed by atoms with Crippen LogP contribution in [0, 0.1) is 5.92 Å². The highest BCUT2D eigenvalue weighted by atomic mass is 14.8. The van der Waals surface area contributed by atoms with Crippen molar-refractivity contribution in [2.45, 2.75) is 20.3 Å². The van der Waals surface area contributed by atoms with Gasteiger partial charge in [0.05, 0.1) is 11.4 Å². The Labute approximate surface area is 72.4 Å². The average molecular weight is 160 g/mol. The van der Waals surface area contributed by atoms with Crippen molar-refractivity contribution in [3.63, 3.8) is 0 Å². The zero-order valence-electron chi connectivity index (χ0n) is 7.41. The van der Waals surface area contributed by atoms with E-state index in [1.54, 1.807) is 12.4 Å². The highest BCUT2D eigenvalue weighted by molar-refractivity contribution is 5.58. The Morgan fingerprint density at radius 2 is 2.00 bits per heavy atom. The lowest BCUT2D eigenvalue weighted by Gasteiger charge is -2.03. The van der Waals surface area contributed by atoms with E-state index in [1.807, 2.05) is 0 Å². The fourth-order valence-electron chi connectivity index (χ4n) is 1.43. The molecule has 0 fully saturated rings. The summed E-state index contributed by atoms with van der Waals surface area (Å²) in [4.78, 5) is 8.53. The minimum absolute atomic E-state index is 0.612. The second-order valence-electron chi connectivity index (χ2n) is 3.44. The van der Waals surface area contributed by atoms with Gasteiger partial charge in [-0.15, -0.1) is 0 Å². The highest BCUT2D eigenvalue weighted by Crippen LogP contribution is 2.25. The molecule has 2 nitrogen and oxygen atoms in total. The van der Waals surface area contributed by atoms with Crippen LogP contribution in [0.4, 0.5) is 0 Å². The molecule has 12 heavy (non-hydrogen) atoms. The van der Waals surface area contributed by atoms with E-state index in [9.17, 15) is 0 Å². The maximum atomic E-state index is 4.28. The molecule has 2 heteroatoms. The molecule has 0 bridgehead atoms. The molecule has 62 valence electrons. The summed E-state index contributed by atoms with van der Waals surface area (Å²) < 4.78 is 0. The van der Waals surface area contributed by atoms with Crippen molar-refractivity contribution in [3.05, 3.63) is 29.4 Å². The summed E-state index contributed by atoms with van der Waals surface area (Å²) in [6.45, 7) is 4.41. The van der Waals surface area contributed by atoms with Gasteiger partial charge in [0, 0.05) is 18.8 Å². The molecule has 0 unspecified atom stereocenters. The van der Waals surface area contributed by atoms with E-state index < -0.39 is 0 Å². The van der Waals surface area contributed by atoms with Crippen LogP contribution in [0.15, 0.2) is 18.0 Å². The second kappa shape index (κ2) is 2.70. The Morgan fingerprint density at radius 3 is 2.67 bits per heavy atom. The zero-order chi connectivity index (χ0) is 8.55. The number of hydrogen-bond acceptors (Lipinski definition) is 2. The molecule has 0 saturated carbocycles. The Hall–Kier alpha value is -1.18. The average Bonchev–Trinajstić information content (AvgIpc) is 2.46. The number of hydrogen-bond donors (Lipinski definition) is 0. The van der Waals surface area contributed by atoms with E-state index in [0.29, 0.717) is 5.92 Å². The van der Waals surface area contributed by atoms with Crippen LogP contribution in [-0.2, 0) is 6.42 Å². The lowest BCUT2D eigenvalue weighted by molar-refractivity contribution is 0.749. The molecule has 1 aromatic rings. The van der Waals surface area contributed by atoms with Gasteiger partial charge < -0.3 is 0 Å². The fourth-order valence-corrected chi connectivity index (χ4v) is 1.43. The molecule has 2 rings (SSSR count). The van der Waals surface area contributed by atoms with Gasteiger partial charge in [-0.05, 0) is 12.0 Å². The molecule has 0 aromatic carbocycles. The van der Waals surface area contributed by atoms with Gasteiger partial charge in [-0.25, -0.2) is 0 Å². The van der Waals surface area contributed by atoms with E-state index in [2.05, 4.69) is 29.9 Å². The SMILES string of the molecule is CC(C)C1=Cc2nccnc2C1. The summed E-state index contributed by atoms with van der Waals surface area (Å²) in [6.07, 6.45) is 6.66. The molecule has 0 radical (unpaired) electrons. The maximum Gasteiger partial charge on any atom is 0.0848 e. The van der Waals surface area contributed by atoms with E-state index in [-0.39, 0.29) is 0 Å². The van der Waals surface area contributed by atoms with Crippen LogP contribution < -0.4 is 0 Å². The largest absolute Gasteiger partial charge is 0.257 e. The van der Waals surface area contributed by atoms with Gasteiger partial charge in [-0.2, -0.15) is 0 Å². The molecule has 1 heterocycles. The fraction of sp³-hybridized carbons (Fsp3) is 0.400. The molecule has 0 N–H and O–H groups in total. The number of aromatic nitrogens is 2. The summed E-state index contributed by atoms with van der Waals surface area (Å²) in [6, 6.07) is 0. The van der Waals surface area contributed by atoms with Gasteiger partial charge >= 0.3 is 0 Å². The van der Waals surface area contributed by atoms with Crippen LogP contribution in [0.5, 0.6) is 0 Å². The van der Waals surface area contributed by atoms with E-state index in [1.165, 1.54) is 5.57 Å². The summed E-state index contributed by atoms with van der Waals surface area (Å²) in [7, 11) is 0. The van der Waals surface area contributed by atoms with Gasteiger partial charge in [0.25, 0.3) is 0 Å². The van der Waals surface area contributed by atoms with E-state index in [0.717, 1.165) is 17.8 Å². The molecule has 0 amide bonds. The second-order valence-corrected chi connectivity index (χ2v) is 3.44. The predicted octanol–water partition coefficient (Wildman–Crippen LogP) is 2.07. The first kappa shape index (κ1) is 7.47. The molecule has 0 atom stereocenters. The summed E-state index contributed by atoms with van der Waals surface area (Å²) in [5, 5.41) is 0. The van der Waals surface area contributed by atoms with Gasteiger partial charge in [0.1, 0.15) is 0 Å². The lowest BCUT2D eigenvalue weighted by Crippen LogP contribution is -1.94. The van der Waals surface area contributed by atoms with Crippen molar-refractivity contribution in [1.82, 2.24) is 9.97 Å². The van der Waals surface area contributed by atoms with Crippen molar-refractivity contribution in [3.8, 4) is 0 Å². The minimum Gasteiger partial charge on any atom is -0.257 e. The third-order valence-corrected chi connectivity index (χ3v) is 2.24. The van der Waals surface area contributed by atoms with Crippen molar-refractivity contribution < 1.29 is 0 Å². The van der Waals surface area contributed by atoms with Crippen LogP contribution >= 0.6 is 0 Å². The van der Waals surface area contributed by atoms with Crippen LogP contribution in [0.3, 0.4) is 0 Å². The van der Waals surface area contributed by atoms with Crippen molar-refractivity contribution >= 4 is 6.08 Å². The predicted molar refractivity (Wildman–Crippen MR) is 48.6 cm³/mol. The molecular formula is C10H12N2. The van der Waals surface area contributed by atoms with Gasteiger partial charge in [-0.1, -0.05) is 19.4 Å². The van der Waals surface area contributed by atoms with Gasteiger partial charge in [-0.3, -0.25) is 9.97 Å². The van der Waals surface area contributed by atoms with Crippen LogP contribution in [0.2, 0.25) is 0 Å². The van der Waals surface area contributed by atoms with Gasteiger partial charge in [0.2, 0.25) is 0 Å². The van der Waals surface area contributed by atoms with Crippen molar-refractivity contribution in [2.75, 3.05) is 0 Å². The Kier molecular flexibility index (Phi) is 1.68. The first-order valence-electron chi connectivity index (χ1n) is 4.27. The Bertz CT molecular complexity index is 326. The highest BCUT2D eigenvalue weighted by Gasteiger charge is 2.15. The lowest BCUT2D eigenvalue weighted by atomic mass is 10.0. The van der Waals surface area contributed by atoms with Crippen molar-refractivity contribution in [2.24, 2.45) is 5.92 Å². The first-order valence-corrected chi connectivity index (χ1v) is 4.27. The molecule has 0 aliphatic heterocycles. The quantitative estimate of drug-likeness (QED) is 0.628. The van der Waals surface area contributed by atoms with E-state index >= 15 is 0 Å². The van der Waals surface area contributed by atoms with Crippen LogP contribution in [0.25, 0.3) is 6.08 Å². The zero-order valence-corrected chi connectivity index (χ0v) is 7.41. The third-order valence-electron chi connectivity index (χ3n) is 2.24. The number of rotatable bonds is 1. The normalized spacial score (nSPS) is 14.8. The molecule has 0 saturated heterocycles. The summed E-state index contributed by atoms with van der Waals surface area (Å²) >= 11 is 0. The third kappa shape index (κ3) is 1.13. The van der Waals surface area contributed by atoms with Crippen LogP contribution in [-0.4, -0.2) is 9.97 Å².